The Balaban J connectivity index is 0.844. The van der Waals surface area contributed by atoms with Crippen molar-refractivity contribution in [2.24, 2.45) is 5.92 Å². The molecule has 3 aliphatic rings. The molecule has 0 spiro atoms. The molecule has 8 nitrogen and oxygen atoms in total. The van der Waals surface area contributed by atoms with Crippen LogP contribution in [-0.2, 0) is 6.42 Å². The number of halogens is 1. The first-order valence-corrected chi connectivity index (χ1v) is 18.2. The Hall–Kier alpha value is -4.69. The highest BCUT2D eigenvalue weighted by Crippen LogP contribution is 2.46. The second-order valence-corrected chi connectivity index (χ2v) is 14.5. The minimum Gasteiger partial charge on any atom is -0.507 e. The first-order valence-electron chi connectivity index (χ1n) is 17.8. The molecule has 2 bridgehead atoms. The zero-order chi connectivity index (χ0) is 34.9. The minimum atomic E-state index is -0.644. The standard InChI is InChI=1S/C41H42ClN3O5/c1-23-16-24-18-25(17-23)37-31(19-24)38(28-13-12-27(42)22-32(28)45-37)43-14-7-5-3-2-4-6-8-15-44-41(50)26-20-30-36(34(47)21-26)40(49)35-29(39(30)48)10-9-11-33(35)46/h9-13,16,20-22,24-25,46-47H,2-8,14-15,17-19H2,1H3,(H,43,45)(H,44,50)/t24-,25+/m1/s1. The van der Waals surface area contributed by atoms with E-state index in [1.54, 1.807) is 0 Å². The molecule has 4 aromatic rings. The number of fused-ring (bicyclic) bond motifs is 7. The first kappa shape index (κ1) is 33.8. The van der Waals surface area contributed by atoms with Gasteiger partial charge >= 0.3 is 0 Å². The summed E-state index contributed by atoms with van der Waals surface area (Å²) < 4.78 is 0. The van der Waals surface area contributed by atoms with E-state index in [1.165, 1.54) is 59.3 Å². The quantitative estimate of drug-likeness (QED) is 0.0761. The molecule has 1 amide bonds. The van der Waals surface area contributed by atoms with E-state index in [0.29, 0.717) is 23.4 Å². The molecular formula is C41H42ClN3O5. The maximum atomic E-state index is 13.1. The minimum absolute atomic E-state index is 0.0401. The van der Waals surface area contributed by atoms with E-state index in [9.17, 15) is 24.6 Å². The number of nitrogens with one attached hydrogen (secondary N) is 2. The average Bonchev–Trinajstić information content (AvgIpc) is 3.08. The average molecular weight is 692 g/mol. The van der Waals surface area contributed by atoms with Crippen molar-refractivity contribution in [2.45, 2.75) is 77.0 Å². The van der Waals surface area contributed by atoms with Crippen LogP contribution in [0, 0.1) is 5.92 Å². The smallest absolute Gasteiger partial charge is 0.251 e. The van der Waals surface area contributed by atoms with Gasteiger partial charge in [0.25, 0.3) is 5.91 Å². The number of ketones is 2. The van der Waals surface area contributed by atoms with Gasteiger partial charge in [0.2, 0.25) is 5.78 Å². The molecule has 0 saturated carbocycles. The second kappa shape index (κ2) is 14.3. The van der Waals surface area contributed by atoms with Gasteiger partial charge in [-0.15, -0.1) is 0 Å². The van der Waals surface area contributed by atoms with Gasteiger partial charge in [-0.05, 0) is 86.9 Å². The summed E-state index contributed by atoms with van der Waals surface area (Å²) in [4.78, 5) is 44.0. The van der Waals surface area contributed by atoms with Crippen molar-refractivity contribution in [1.82, 2.24) is 10.3 Å². The van der Waals surface area contributed by atoms with Gasteiger partial charge in [-0.3, -0.25) is 19.4 Å². The van der Waals surface area contributed by atoms with Crippen LogP contribution in [0.2, 0.25) is 5.02 Å². The number of benzene rings is 3. The van der Waals surface area contributed by atoms with Crippen molar-refractivity contribution < 1.29 is 24.6 Å². The van der Waals surface area contributed by atoms with Crippen LogP contribution >= 0.6 is 11.6 Å². The lowest BCUT2D eigenvalue weighted by Gasteiger charge is -2.35. The van der Waals surface area contributed by atoms with E-state index in [2.05, 4.69) is 29.7 Å². The lowest BCUT2D eigenvalue weighted by atomic mass is 9.72. The number of carbonyl (C=O) groups is 3. The van der Waals surface area contributed by atoms with E-state index in [0.717, 1.165) is 75.2 Å². The van der Waals surface area contributed by atoms with E-state index in [-0.39, 0.29) is 33.6 Å². The maximum absolute atomic E-state index is 13.1. The number of pyridine rings is 1. The van der Waals surface area contributed by atoms with Crippen LogP contribution in [0.1, 0.15) is 124 Å². The number of aromatic nitrogens is 1. The monoisotopic (exact) mass is 691 g/mol. The molecular weight excluding hydrogens is 650 g/mol. The molecule has 1 heterocycles. The van der Waals surface area contributed by atoms with Crippen molar-refractivity contribution >= 4 is 45.7 Å². The van der Waals surface area contributed by atoms with Gasteiger partial charge in [0, 0.05) is 57.5 Å². The lowest BCUT2D eigenvalue weighted by molar-refractivity contribution is 0.0948. The van der Waals surface area contributed by atoms with Crippen LogP contribution in [0.3, 0.4) is 0 Å². The first-order chi connectivity index (χ1) is 24.2. The number of aromatic hydroxyl groups is 2. The molecule has 0 saturated heterocycles. The fourth-order valence-electron chi connectivity index (χ4n) is 8.10. The number of phenolic OH excluding ortho intramolecular Hbond substituents is 2. The summed E-state index contributed by atoms with van der Waals surface area (Å²) in [5, 5.41) is 29.3. The number of hydrogen-bond acceptors (Lipinski definition) is 7. The van der Waals surface area contributed by atoms with Crippen molar-refractivity contribution in [3.05, 3.63) is 104 Å². The largest absolute Gasteiger partial charge is 0.507 e. The highest BCUT2D eigenvalue weighted by Gasteiger charge is 2.35. The molecule has 1 aromatic heterocycles. The Morgan fingerprint density at radius 1 is 0.860 bits per heavy atom. The number of amides is 1. The number of unbranched alkanes of at least 4 members (excludes halogenated alkanes) is 6. The van der Waals surface area contributed by atoms with Crippen molar-refractivity contribution in [3.8, 4) is 11.5 Å². The second-order valence-electron chi connectivity index (χ2n) is 14.1. The van der Waals surface area contributed by atoms with E-state index in [4.69, 9.17) is 16.6 Å². The summed E-state index contributed by atoms with van der Waals surface area (Å²) in [6.07, 6.45) is 13.1. The number of anilines is 1. The Kier molecular flexibility index (Phi) is 9.65. The molecule has 0 radical (unpaired) electrons. The topological polar surface area (TPSA) is 129 Å². The third-order valence-electron chi connectivity index (χ3n) is 10.4. The van der Waals surface area contributed by atoms with Crippen LogP contribution in [0.4, 0.5) is 5.69 Å². The summed E-state index contributed by atoms with van der Waals surface area (Å²) in [6, 6.07) is 12.8. The van der Waals surface area contributed by atoms with E-state index < -0.39 is 23.2 Å². The number of rotatable bonds is 12. The molecule has 9 heteroatoms. The molecule has 3 aromatic carbocycles. The van der Waals surface area contributed by atoms with Crippen LogP contribution in [0.5, 0.6) is 11.5 Å². The van der Waals surface area contributed by atoms with Crippen molar-refractivity contribution in [3.63, 3.8) is 0 Å². The number of phenols is 2. The molecule has 3 aliphatic carbocycles. The van der Waals surface area contributed by atoms with Crippen LogP contribution in [0.15, 0.2) is 60.2 Å². The normalized spacial score (nSPS) is 17.5. The van der Waals surface area contributed by atoms with Gasteiger partial charge in [0.1, 0.15) is 11.5 Å². The van der Waals surface area contributed by atoms with Gasteiger partial charge in [0.15, 0.2) is 5.78 Å². The Morgan fingerprint density at radius 2 is 1.60 bits per heavy atom. The highest BCUT2D eigenvalue weighted by molar-refractivity contribution is 6.31. The van der Waals surface area contributed by atoms with E-state index >= 15 is 0 Å². The van der Waals surface area contributed by atoms with Crippen LogP contribution in [0.25, 0.3) is 10.9 Å². The zero-order valence-corrected chi connectivity index (χ0v) is 29.0. The fraction of sp³-hybridized carbons (Fsp3) is 0.366. The molecule has 4 N–H and O–H groups in total. The third-order valence-corrected chi connectivity index (χ3v) is 10.7. The van der Waals surface area contributed by atoms with Crippen molar-refractivity contribution in [1.29, 1.82) is 0 Å². The highest BCUT2D eigenvalue weighted by atomic mass is 35.5. The fourth-order valence-corrected chi connectivity index (χ4v) is 8.26. The summed E-state index contributed by atoms with van der Waals surface area (Å²) in [5.41, 5.74) is 6.12. The summed E-state index contributed by atoms with van der Waals surface area (Å²) in [7, 11) is 0. The SMILES string of the molecule is CC1=C[C@H]2Cc3c(nc4cc(Cl)ccc4c3NCCCCCCCCCNC(=O)c3cc(O)c4c(c3)C(=O)c3cccc(O)c3C4=O)[C@@H](C1)C2. The number of carbonyl (C=O) groups excluding carboxylic acids is 3. The van der Waals surface area contributed by atoms with Gasteiger partial charge in [-0.1, -0.05) is 67.5 Å². The predicted octanol–water partition coefficient (Wildman–Crippen LogP) is 8.64. The summed E-state index contributed by atoms with van der Waals surface area (Å²) in [5.74, 6) is -1.28. The summed E-state index contributed by atoms with van der Waals surface area (Å²) >= 11 is 6.37. The van der Waals surface area contributed by atoms with Crippen molar-refractivity contribution in [2.75, 3.05) is 18.4 Å². The zero-order valence-electron chi connectivity index (χ0n) is 28.3. The van der Waals surface area contributed by atoms with E-state index in [1.807, 2.05) is 12.1 Å². The molecule has 0 fully saturated rings. The maximum Gasteiger partial charge on any atom is 0.251 e. The van der Waals surface area contributed by atoms with Crippen LogP contribution in [-0.4, -0.2) is 45.8 Å². The Morgan fingerprint density at radius 3 is 2.40 bits per heavy atom. The summed E-state index contributed by atoms with van der Waals surface area (Å²) in [6.45, 7) is 3.63. The molecule has 258 valence electrons. The molecule has 0 aliphatic heterocycles. The van der Waals surface area contributed by atoms with Gasteiger partial charge in [-0.2, -0.15) is 0 Å². The lowest BCUT2D eigenvalue weighted by Crippen LogP contribution is -2.26. The predicted molar refractivity (Wildman–Crippen MR) is 196 cm³/mol. The molecule has 50 heavy (non-hydrogen) atoms. The Bertz CT molecular complexity index is 2050. The van der Waals surface area contributed by atoms with Gasteiger partial charge in [0.05, 0.1) is 16.6 Å². The number of allylic oxidation sites excluding steroid dienone is 2. The van der Waals surface area contributed by atoms with Gasteiger partial charge in [-0.25, -0.2) is 0 Å². The number of nitrogens with zero attached hydrogens (tertiary/aromatic N) is 1. The molecule has 7 rings (SSSR count). The Labute approximate surface area is 297 Å². The molecule has 2 atom stereocenters. The number of hydrogen-bond donors (Lipinski definition) is 4. The van der Waals surface area contributed by atoms with Gasteiger partial charge < -0.3 is 20.8 Å². The third kappa shape index (κ3) is 6.61. The van der Waals surface area contributed by atoms with Crippen LogP contribution < -0.4 is 10.6 Å². The molecule has 0 unspecified atom stereocenters.